The highest BCUT2D eigenvalue weighted by Gasteiger charge is 2.22. The van der Waals surface area contributed by atoms with Crippen LogP contribution in [0.25, 0.3) is 11.4 Å². The molecule has 2 aromatic carbocycles. The summed E-state index contributed by atoms with van der Waals surface area (Å²) in [6, 6.07) is 13.0. The molecular formula is C21H21FN4O3. The molecule has 4 rings (SSSR count). The first-order valence-electron chi connectivity index (χ1n) is 9.61. The molecule has 1 fully saturated rings. The number of piperidine rings is 1. The average molecular weight is 396 g/mol. The van der Waals surface area contributed by atoms with Gasteiger partial charge in [0.05, 0.1) is 11.5 Å². The summed E-state index contributed by atoms with van der Waals surface area (Å²) >= 11 is 0. The summed E-state index contributed by atoms with van der Waals surface area (Å²) in [4.78, 5) is 17.1. The normalized spacial score (nSPS) is 15.5. The first-order valence-corrected chi connectivity index (χ1v) is 9.61. The van der Waals surface area contributed by atoms with Crippen LogP contribution in [-0.4, -0.2) is 33.1 Å². The number of hydrogen-bond donors (Lipinski definition) is 0. The smallest absolute Gasteiger partial charge is 0.270 e. The molecule has 0 radical (unpaired) electrons. The summed E-state index contributed by atoms with van der Waals surface area (Å²) in [5, 5.41) is 14.9. The lowest BCUT2D eigenvalue weighted by Crippen LogP contribution is -2.34. The van der Waals surface area contributed by atoms with Gasteiger partial charge in [0, 0.05) is 17.7 Å². The summed E-state index contributed by atoms with van der Waals surface area (Å²) in [7, 11) is 0. The van der Waals surface area contributed by atoms with Crippen molar-refractivity contribution in [2.24, 2.45) is 5.92 Å². The molecular weight excluding hydrogens is 375 g/mol. The van der Waals surface area contributed by atoms with Gasteiger partial charge in [-0.25, -0.2) is 4.39 Å². The summed E-state index contributed by atoms with van der Waals surface area (Å²) in [6.07, 6.45) is 2.95. The number of nitro benzene ring substituents is 1. The molecule has 1 aliphatic heterocycles. The Bertz CT molecular complexity index is 999. The van der Waals surface area contributed by atoms with Crippen molar-refractivity contribution in [2.45, 2.75) is 25.8 Å². The Labute approximate surface area is 167 Å². The Morgan fingerprint density at radius 1 is 1.17 bits per heavy atom. The third-order valence-electron chi connectivity index (χ3n) is 5.26. The third-order valence-corrected chi connectivity index (χ3v) is 5.26. The monoisotopic (exact) mass is 396 g/mol. The molecule has 1 aliphatic rings. The quantitative estimate of drug-likeness (QED) is 0.458. The van der Waals surface area contributed by atoms with Gasteiger partial charge in [-0.3, -0.25) is 15.0 Å². The van der Waals surface area contributed by atoms with Crippen molar-refractivity contribution in [3.63, 3.8) is 0 Å². The maximum atomic E-state index is 13.3. The van der Waals surface area contributed by atoms with Crippen LogP contribution in [-0.2, 0) is 13.0 Å². The number of halogens is 1. The molecule has 29 heavy (non-hydrogen) atoms. The highest BCUT2D eigenvalue weighted by Crippen LogP contribution is 2.24. The van der Waals surface area contributed by atoms with E-state index in [9.17, 15) is 14.5 Å². The minimum atomic E-state index is -0.446. The molecule has 0 saturated carbocycles. The van der Waals surface area contributed by atoms with E-state index in [1.54, 1.807) is 24.3 Å². The predicted octanol–water partition coefficient (Wildman–Crippen LogP) is 4.24. The number of nitrogens with zero attached hydrogens (tertiary/aromatic N) is 4. The van der Waals surface area contributed by atoms with E-state index < -0.39 is 4.92 Å². The van der Waals surface area contributed by atoms with Gasteiger partial charge >= 0.3 is 0 Å². The summed E-state index contributed by atoms with van der Waals surface area (Å²) in [5.74, 6) is 1.20. The zero-order chi connectivity index (χ0) is 20.2. The standard InChI is InChI=1S/C21H21FN4O3/c22-18-5-1-3-16(12-18)11-15-7-9-25(10-8-15)14-20-23-21(24-29-20)17-4-2-6-19(13-17)26(27)28/h1-6,12-13,15H,7-11,14H2. The molecule has 0 atom stereocenters. The van der Waals surface area contributed by atoms with E-state index in [4.69, 9.17) is 4.52 Å². The molecule has 1 saturated heterocycles. The summed E-state index contributed by atoms with van der Waals surface area (Å²) < 4.78 is 18.7. The van der Waals surface area contributed by atoms with Gasteiger partial charge in [-0.05, 0) is 56.0 Å². The fourth-order valence-electron chi connectivity index (χ4n) is 3.73. The fraction of sp³-hybridized carbons (Fsp3) is 0.333. The van der Waals surface area contributed by atoms with Gasteiger partial charge < -0.3 is 4.52 Å². The second-order valence-electron chi connectivity index (χ2n) is 7.37. The van der Waals surface area contributed by atoms with Crippen LogP contribution < -0.4 is 0 Å². The lowest BCUT2D eigenvalue weighted by atomic mass is 9.90. The van der Waals surface area contributed by atoms with Crippen molar-refractivity contribution in [2.75, 3.05) is 13.1 Å². The zero-order valence-corrected chi connectivity index (χ0v) is 15.8. The second kappa shape index (κ2) is 8.48. The molecule has 0 aliphatic carbocycles. The predicted molar refractivity (Wildman–Crippen MR) is 104 cm³/mol. The maximum absolute atomic E-state index is 13.3. The maximum Gasteiger partial charge on any atom is 0.270 e. The Morgan fingerprint density at radius 3 is 2.72 bits per heavy atom. The number of hydrogen-bond acceptors (Lipinski definition) is 6. The van der Waals surface area contributed by atoms with Gasteiger partial charge in [0.15, 0.2) is 0 Å². The van der Waals surface area contributed by atoms with Gasteiger partial charge in [-0.15, -0.1) is 0 Å². The lowest BCUT2D eigenvalue weighted by molar-refractivity contribution is -0.384. The van der Waals surface area contributed by atoms with Crippen LogP contribution in [0.15, 0.2) is 53.1 Å². The van der Waals surface area contributed by atoms with Crippen LogP contribution in [0.2, 0.25) is 0 Å². The Hall–Kier alpha value is -3.13. The van der Waals surface area contributed by atoms with Crippen molar-refractivity contribution in [1.82, 2.24) is 15.0 Å². The summed E-state index contributed by atoms with van der Waals surface area (Å²) in [6.45, 7) is 2.37. The molecule has 1 aromatic heterocycles. The lowest BCUT2D eigenvalue weighted by Gasteiger charge is -2.31. The summed E-state index contributed by atoms with van der Waals surface area (Å²) in [5.41, 5.74) is 1.60. The SMILES string of the molecule is O=[N+]([O-])c1cccc(-c2noc(CN3CCC(Cc4cccc(F)c4)CC3)n2)c1. The largest absolute Gasteiger partial charge is 0.338 e. The Morgan fingerprint density at radius 2 is 1.97 bits per heavy atom. The van der Waals surface area contributed by atoms with Crippen molar-refractivity contribution in [3.05, 3.63) is 75.9 Å². The van der Waals surface area contributed by atoms with Gasteiger partial charge in [-0.1, -0.05) is 29.4 Å². The molecule has 150 valence electrons. The van der Waals surface area contributed by atoms with Gasteiger partial charge in [0.1, 0.15) is 5.82 Å². The first-order chi connectivity index (χ1) is 14.1. The van der Waals surface area contributed by atoms with Gasteiger partial charge in [-0.2, -0.15) is 4.98 Å². The van der Waals surface area contributed by atoms with Crippen LogP contribution in [0.4, 0.5) is 10.1 Å². The molecule has 7 nitrogen and oxygen atoms in total. The molecule has 8 heteroatoms. The topological polar surface area (TPSA) is 85.3 Å². The number of aromatic nitrogens is 2. The number of rotatable bonds is 6. The van der Waals surface area contributed by atoms with Crippen molar-refractivity contribution in [3.8, 4) is 11.4 Å². The molecule has 0 amide bonds. The fourth-order valence-corrected chi connectivity index (χ4v) is 3.73. The Kier molecular flexibility index (Phi) is 5.62. The number of nitro groups is 1. The minimum absolute atomic E-state index is 0.00535. The minimum Gasteiger partial charge on any atom is -0.338 e. The van der Waals surface area contributed by atoms with Crippen molar-refractivity contribution < 1.29 is 13.8 Å². The average Bonchev–Trinajstić information content (AvgIpc) is 3.18. The zero-order valence-electron chi connectivity index (χ0n) is 15.8. The number of benzene rings is 2. The van der Waals surface area contributed by atoms with E-state index in [2.05, 4.69) is 15.0 Å². The molecule has 3 aromatic rings. The van der Waals surface area contributed by atoms with E-state index in [0.29, 0.717) is 29.7 Å². The molecule has 0 bridgehead atoms. The third kappa shape index (κ3) is 4.83. The van der Waals surface area contributed by atoms with Crippen LogP contribution >= 0.6 is 0 Å². The van der Waals surface area contributed by atoms with Gasteiger partial charge in [0.25, 0.3) is 5.69 Å². The van der Waals surface area contributed by atoms with E-state index in [1.165, 1.54) is 18.2 Å². The molecule has 0 unspecified atom stereocenters. The van der Waals surface area contributed by atoms with E-state index in [-0.39, 0.29) is 11.5 Å². The van der Waals surface area contributed by atoms with Crippen molar-refractivity contribution >= 4 is 5.69 Å². The van der Waals surface area contributed by atoms with Crippen LogP contribution in [0.3, 0.4) is 0 Å². The van der Waals surface area contributed by atoms with E-state index in [1.807, 2.05) is 6.07 Å². The molecule has 2 heterocycles. The van der Waals surface area contributed by atoms with E-state index in [0.717, 1.165) is 37.9 Å². The Balaban J connectivity index is 1.32. The van der Waals surface area contributed by atoms with E-state index >= 15 is 0 Å². The van der Waals surface area contributed by atoms with Crippen molar-refractivity contribution in [1.29, 1.82) is 0 Å². The highest BCUT2D eigenvalue weighted by atomic mass is 19.1. The number of non-ortho nitro benzene ring substituents is 1. The number of likely N-dealkylation sites (tertiary alicyclic amines) is 1. The van der Waals surface area contributed by atoms with Gasteiger partial charge in [0.2, 0.25) is 11.7 Å². The molecule has 0 N–H and O–H groups in total. The second-order valence-corrected chi connectivity index (χ2v) is 7.37. The highest BCUT2D eigenvalue weighted by molar-refractivity contribution is 5.58. The van der Waals surface area contributed by atoms with Crippen LogP contribution in [0, 0.1) is 21.8 Å². The van der Waals surface area contributed by atoms with Crippen LogP contribution in [0.5, 0.6) is 0 Å². The first kappa shape index (κ1) is 19.2. The molecule has 0 spiro atoms. The van der Waals surface area contributed by atoms with Crippen LogP contribution in [0.1, 0.15) is 24.3 Å².